The van der Waals surface area contributed by atoms with Gasteiger partial charge in [0.2, 0.25) is 0 Å². The number of carbonyl (C=O) groups is 1. The second-order valence-corrected chi connectivity index (χ2v) is 10.4. The van der Waals surface area contributed by atoms with E-state index in [1.807, 2.05) is 67.7 Å². The van der Waals surface area contributed by atoms with Gasteiger partial charge in [-0.2, -0.15) is 13.5 Å². The summed E-state index contributed by atoms with van der Waals surface area (Å²) in [4.78, 5) is 14.4. The first-order valence-electron chi connectivity index (χ1n) is 9.64. The minimum absolute atomic E-state index is 0.199. The summed E-state index contributed by atoms with van der Waals surface area (Å²) in [6.45, 7) is 1.81. The molecule has 2 heterocycles. The van der Waals surface area contributed by atoms with Gasteiger partial charge in [-0.15, -0.1) is 0 Å². The number of benzene rings is 2. The largest absolute Gasteiger partial charge is 0.292 e. The molecule has 1 aliphatic heterocycles. The summed E-state index contributed by atoms with van der Waals surface area (Å²) in [5, 5.41) is 4.75. The van der Waals surface area contributed by atoms with Crippen LogP contribution in [0.3, 0.4) is 0 Å². The first kappa shape index (κ1) is 22.4. The van der Waals surface area contributed by atoms with Crippen LogP contribution in [0.5, 0.6) is 0 Å². The van der Waals surface area contributed by atoms with Crippen molar-refractivity contribution in [2.75, 3.05) is 12.3 Å². The summed E-state index contributed by atoms with van der Waals surface area (Å²) < 4.78 is 33.2. The molecule has 0 atom stereocenters. The molecule has 0 radical (unpaired) electrons. The molecule has 0 aliphatic carbocycles. The molecule has 0 saturated carbocycles. The van der Waals surface area contributed by atoms with Gasteiger partial charge in [-0.25, -0.2) is 4.68 Å². The van der Waals surface area contributed by atoms with Crippen molar-refractivity contribution < 1.29 is 17.8 Å². The third-order valence-corrected chi connectivity index (χ3v) is 6.90. The molecule has 1 N–H and O–H groups in total. The van der Waals surface area contributed by atoms with Crippen LogP contribution in [0, 0.1) is 6.92 Å². The van der Waals surface area contributed by atoms with Crippen LogP contribution in [-0.2, 0) is 14.9 Å². The van der Waals surface area contributed by atoms with Gasteiger partial charge in [-0.05, 0) is 25.1 Å². The van der Waals surface area contributed by atoms with Crippen LogP contribution in [0.15, 0.2) is 65.7 Å². The van der Waals surface area contributed by atoms with Crippen LogP contribution < -0.4 is 0 Å². The zero-order valence-corrected chi connectivity index (χ0v) is 19.5. The Morgan fingerprint density at radius 3 is 2.47 bits per heavy atom. The average Bonchev–Trinajstić information content (AvgIpc) is 3.28. The number of carbonyl (C=O) groups excluding carboxylic acids is 1. The smallest absolute Gasteiger partial charge is 0.266 e. The number of thiocarbonyl (C=S) groups is 1. The lowest BCUT2D eigenvalue weighted by atomic mass is 10.1. The van der Waals surface area contributed by atoms with E-state index >= 15 is 0 Å². The van der Waals surface area contributed by atoms with Gasteiger partial charge in [-0.3, -0.25) is 14.2 Å². The third kappa shape index (κ3) is 4.99. The predicted molar refractivity (Wildman–Crippen MR) is 130 cm³/mol. The summed E-state index contributed by atoms with van der Waals surface area (Å²) in [7, 11) is -4.20. The second kappa shape index (κ2) is 8.99. The van der Waals surface area contributed by atoms with Gasteiger partial charge < -0.3 is 0 Å². The highest BCUT2D eigenvalue weighted by molar-refractivity contribution is 8.26. The van der Waals surface area contributed by atoms with E-state index in [0.717, 1.165) is 34.1 Å². The molecule has 1 fully saturated rings. The lowest BCUT2D eigenvalue weighted by Gasteiger charge is -2.12. The topological polar surface area (TPSA) is 92.5 Å². The molecule has 32 heavy (non-hydrogen) atoms. The Hall–Kier alpha value is -2.79. The third-order valence-electron chi connectivity index (χ3n) is 4.82. The van der Waals surface area contributed by atoms with E-state index in [4.69, 9.17) is 21.9 Å². The first-order valence-corrected chi connectivity index (χ1v) is 12.5. The fourth-order valence-corrected chi connectivity index (χ4v) is 4.90. The summed E-state index contributed by atoms with van der Waals surface area (Å²) in [6.07, 6.45) is 3.56. The molecule has 164 valence electrons. The maximum absolute atomic E-state index is 12.9. The first-order chi connectivity index (χ1) is 15.2. The number of nitrogens with zero attached hydrogens (tertiary/aromatic N) is 3. The van der Waals surface area contributed by atoms with Gasteiger partial charge in [0.25, 0.3) is 16.0 Å². The monoisotopic (exact) mass is 485 g/mol. The van der Waals surface area contributed by atoms with E-state index in [2.05, 4.69) is 0 Å². The lowest BCUT2D eigenvalue weighted by molar-refractivity contribution is -0.121. The van der Waals surface area contributed by atoms with E-state index in [0.29, 0.717) is 10.6 Å². The minimum atomic E-state index is -4.20. The molecule has 4 rings (SSSR count). The maximum atomic E-state index is 12.9. The van der Waals surface area contributed by atoms with Crippen molar-refractivity contribution in [3.05, 3.63) is 76.8 Å². The standard InChI is InChI=1S/C22H19N3O4S3/c1-15-7-9-16(10-8-15)20-17(14-25(23-20)18-5-3-2-4-6-18)13-19-21(26)24(22(30)31-19)11-12-32(27,28)29/h2-10,13-14H,11-12H2,1H3,(H,27,28,29)/b19-13+. The van der Waals surface area contributed by atoms with Crippen LogP contribution in [-0.4, -0.2) is 50.2 Å². The molecule has 10 heteroatoms. The molecule has 3 aromatic rings. The van der Waals surface area contributed by atoms with Crippen LogP contribution in [0.2, 0.25) is 0 Å². The normalized spacial score (nSPS) is 15.7. The zero-order valence-electron chi connectivity index (χ0n) is 17.0. The molecule has 1 saturated heterocycles. The lowest BCUT2D eigenvalue weighted by Crippen LogP contribution is -2.32. The van der Waals surface area contributed by atoms with Crippen molar-refractivity contribution in [3.8, 4) is 16.9 Å². The van der Waals surface area contributed by atoms with Crippen molar-refractivity contribution in [1.29, 1.82) is 0 Å². The highest BCUT2D eigenvalue weighted by Crippen LogP contribution is 2.34. The Balaban J connectivity index is 1.73. The number of hydrogen-bond acceptors (Lipinski definition) is 6. The van der Waals surface area contributed by atoms with Crippen molar-refractivity contribution in [1.82, 2.24) is 14.7 Å². The molecule has 1 amide bonds. The number of aromatic nitrogens is 2. The number of rotatable bonds is 6. The Morgan fingerprint density at radius 2 is 1.81 bits per heavy atom. The molecule has 0 bridgehead atoms. The van der Waals surface area contributed by atoms with Gasteiger partial charge >= 0.3 is 0 Å². The number of amides is 1. The summed E-state index contributed by atoms with van der Waals surface area (Å²) in [5.74, 6) is -0.973. The van der Waals surface area contributed by atoms with Gasteiger partial charge in [0, 0.05) is 23.9 Å². The van der Waals surface area contributed by atoms with Crippen LogP contribution in [0.1, 0.15) is 11.1 Å². The highest BCUT2D eigenvalue weighted by atomic mass is 32.2. The zero-order chi connectivity index (χ0) is 22.9. The second-order valence-electron chi connectivity index (χ2n) is 7.20. The van der Waals surface area contributed by atoms with Crippen LogP contribution >= 0.6 is 24.0 Å². The molecule has 7 nitrogen and oxygen atoms in total. The van der Waals surface area contributed by atoms with Gasteiger partial charge in [0.1, 0.15) is 4.32 Å². The fraction of sp³-hybridized carbons (Fsp3) is 0.136. The molecule has 1 aliphatic rings. The molecular weight excluding hydrogens is 466 g/mol. The quantitative estimate of drug-likeness (QED) is 0.321. The Bertz CT molecular complexity index is 1310. The molecular formula is C22H19N3O4S3. The minimum Gasteiger partial charge on any atom is -0.292 e. The van der Waals surface area contributed by atoms with Crippen LogP contribution in [0.4, 0.5) is 0 Å². The molecule has 0 unspecified atom stereocenters. The number of para-hydroxylation sites is 1. The fourth-order valence-electron chi connectivity index (χ4n) is 3.18. The summed E-state index contributed by atoms with van der Waals surface area (Å²) >= 11 is 6.35. The number of thioether (sulfide) groups is 1. The average molecular weight is 486 g/mol. The molecule has 2 aromatic carbocycles. The van der Waals surface area contributed by atoms with Crippen LogP contribution in [0.25, 0.3) is 23.0 Å². The van der Waals surface area contributed by atoms with E-state index in [1.54, 1.807) is 10.8 Å². The van der Waals surface area contributed by atoms with Crippen molar-refractivity contribution in [2.45, 2.75) is 6.92 Å². The summed E-state index contributed by atoms with van der Waals surface area (Å²) in [6, 6.07) is 17.6. The molecule has 0 spiro atoms. The van der Waals surface area contributed by atoms with Gasteiger partial charge in [-0.1, -0.05) is 72.0 Å². The van der Waals surface area contributed by atoms with E-state index in [9.17, 15) is 13.2 Å². The Morgan fingerprint density at radius 1 is 1.12 bits per heavy atom. The van der Waals surface area contributed by atoms with Crippen molar-refractivity contribution in [3.63, 3.8) is 0 Å². The van der Waals surface area contributed by atoms with Gasteiger partial charge in [0.05, 0.1) is 22.0 Å². The summed E-state index contributed by atoms with van der Waals surface area (Å²) in [5.41, 5.74) is 4.34. The highest BCUT2D eigenvalue weighted by Gasteiger charge is 2.33. The predicted octanol–water partition coefficient (Wildman–Crippen LogP) is 3.94. The van der Waals surface area contributed by atoms with Crippen molar-refractivity contribution >= 4 is 50.4 Å². The van der Waals surface area contributed by atoms with E-state index < -0.39 is 21.8 Å². The number of hydrogen-bond donors (Lipinski definition) is 1. The Labute approximate surface area is 195 Å². The van der Waals surface area contributed by atoms with Gasteiger partial charge in [0.15, 0.2) is 0 Å². The van der Waals surface area contributed by atoms with Crippen molar-refractivity contribution in [2.24, 2.45) is 0 Å². The SMILES string of the molecule is Cc1ccc(-c2nn(-c3ccccc3)cc2/C=C2/SC(=S)N(CCS(=O)(=O)O)C2=O)cc1. The van der Waals surface area contributed by atoms with E-state index in [-0.39, 0.29) is 10.9 Å². The maximum Gasteiger partial charge on any atom is 0.266 e. The Kier molecular flexibility index (Phi) is 6.29. The molecule has 1 aromatic heterocycles. The van der Waals surface area contributed by atoms with E-state index in [1.165, 1.54) is 4.90 Å². The number of aryl methyl sites for hydroxylation is 1.